The minimum Gasteiger partial charge on any atom is -0.393 e. The molecule has 3 N–H and O–H groups in total. The highest BCUT2D eigenvalue weighted by molar-refractivity contribution is 4.84. The fourth-order valence-electron chi connectivity index (χ4n) is 1.39. The Kier molecular flexibility index (Phi) is 3.98. The first-order valence-electron chi connectivity index (χ1n) is 4.83. The van der Waals surface area contributed by atoms with Crippen LogP contribution in [0.1, 0.15) is 26.7 Å². The number of hydrogen-bond acceptors (Lipinski definition) is 3. The summed E-state index contributed by atoms with van der Waals surface area (Å²) in [5, 5.41) is 15.7. The molecule has 0 spiro atoms. The Morgan fingerprint density at radius 3 is 2.50 bits per heavy atom. The van der Waals surface area contributed by atoms with Crippen LogP contribution in [0.4, 0.5) is 0 Å². The van der Waals surface area contributed by atoms with E-state index >= 15 is 0 Å². The molecule has 1 aliphatic rings. The molecule has 3 nitrogen and oxygen atoms in total. The van der Waals surface area contributed by atoms with Crippen LogP contribution < -0.4 is 10.6 Å². The number of nitrogens with one attached hydrogen (secondary N) is 2. The molecule has 0 saturated heterocycles. The van der Waals surface area contributed by atoms with E-state index in [0.29, 0.717) is 12.1 Å². The second-order valence-corrected chi connectivity index (χ2v) is 3.89. The molecule has 0 bridgehead atoms. The zero-order valence-electron chi connectivity index (χ0n) is 8.01. The van der Waals surface area contributed by atoms with Gasteiger partial charge in [-0.1, -0.05) is 13.8 Å². The van der Waals surface area contributed by atoms with Crippen molar-refractivity contribution in [3.05, 3.63) is 0 Å². The highest BCUT2D eigenvalue weighted by atomic mass is 16.3. The van der Waals surface area contributed by atoms with Crippen molar-refractivity contribution in [3.8, 4) is 0 Å². The molecule has 0 aromatic carbocycles. The van der Waals surface area contributed by atoms with Crippen LogP contribution in [0.3, 0.4) is 0 Å². The normalized spacial score (nSPS) is 29.0. The summed E-state index contributed by atoms with van der Waals surface area (Å²) >= 11 is 0. The molecule has 12 heavy (non-hydrogen) atoms. The molecule has 0 atom stereocenters. The molecule has 3 heteroatoms. The Balaban J connectivity index is 1.83. The summed E-state index contributed by atoms with van der Waals surface area (Å²) in [7, 11) is 0. The van der Waals surface area contributed by atoms with Crippen LogP contribution in [0, 0.1) is 0 Å². The van der Waals surface area contributed by atoms with E-state index in [2.05, 4.69) is 24.5 Å². The lowest BCUT2D eigenvalue weighted by molar-refractivity contribution is 0.0628. The molecule has 0 radical (unpaired) electrons. The Labute approximate surface area is 74.5 Å². The Bertz CT molecular complexity index is 122. The molecular formula is C9H20N2O. The molecular weight excluding hydrogens is 152 g/mol. The third kappa shape index (κ3) is 3.52. The summed E-state index contributed by atoms with van der Waals surface area (Å²) in [5.74, 6) is 0. The standard InChI is InChI=1S/C9H20N2O/c1-7(2)10-3-4-11-8-5-9(12)6-8/h7-12H,3-6H2,1-2H3/t8-,9-. The van der Waals surface area contributed by atoms with E-state index in [1.54, 1.807) is 0 Å². The molecule has 0 heterocycles. The quantitative estimate of drug-likeness (QED) is 0.515. The lowest BCUT2D eigenvalue weighted by atomic mass is 9.90. The van der Waals surface area contributed by atoms with E-state index in [-0.39, 0.29) is 6.10 Å². The van der Waals surface area contributed by atoms with Crippen LogP contribution in [-0.2, 0) is 0 Å². The van der Waals surface area contributed by atoms with E-state index in [4.69, 9.17) is 5.11 Å². The lowest BCUT2D eigenvalue weighted by Gasteiger charge is -2.32. The van der Waals surface area contributed by atoms with Crippen molar-refractivity contribution in [1.82, 2.24) is 10.6 Å². The van der Waals surface area contributed by atoms with Crippen LogP contribution >= 0.6 is 0 Å². The van der Waals surface area contributed by atoms with Gasteiger partial charge < -0.3 is 15.7 Å². The van der Waals surface area contributed by atoms with Crippen molar-refractivity contribution in [2.24, 2.45) is 0 Å². The topological polar surface area (TPSA) is 44.3 Å². The molecule has 0 aromatic heterocycles. The average Bonchev–Trinajstić information content (AvgIpc) is 1.93. The summed E-state index contributed by atoms with van der Waals surface area (Å²) < 4.78 is 0. The molecule has 1 rings (SSSR count). The predicted octanol–water partition coefficient (Wildman–Crippen LogP) is 0.0973. The van der Waals surface area contributed by atoms with Crippen LogP contribution in [-0.4, -0.2) is 36.4 Å². The van der Waals surface area contributed by atoms with Crippen molar-refractivity contribution in [3.63, 3.8) is 0 Å². The van der Waals surface area contributed by atoms with Gasteiger partial charge in [0.2, 0.25) is 0 Å². The van der Waals surface area contributed by atoms with Crippen LogP contribution in [0.2, 0.25) is 0 Å². The third-order valence-electron chi connectivity index (χ3n) is 2.22. The molecule has 72 valence electrons. The van der Waals surface area contributed by atoms with Gasteiger partial charge in [0.05, 0.1) is 6.10 Å². The maximum absolute atomic E-state index is 9.01. The molecule has 0 aliphatic heterocycles. The number of rotatable bonds is 5. The SMILES string of the molecule is CC(C)NCCN[C@H]1C[C@H](O)C1. The second-order valence-electron chi connectivity index (χ2n) is 3.89. The Hall–Kier alpha value is -0.120. The van der Waals surface area contributed by atoms with Crippen molar-refractivity contribution in [2.75, 3.05) is 13.1 Å². The first-order valence-corrected chi connectivity index (χ1v) is 4.83. The predicted molar refractivity (Wildman–Crippen MR) is 50.2 cm³/mol. The molecule has 1 aliphatic carbocycles. The number of hydrogen-bond donors (Lipinski definition) is 3. The fourth-order valence-corrected chi connectivity index (χ4v) is 1.39. The van der Waals surface area contributed by atoms with Crippen LogP contribution in [0.25, 0.3) is 0 Å². The maximum atomic E-state index is 9.01. The van der Waals surface area contributed by atoms with Gasteiger partial charge in [0.1, 0.15) is 0 Å². The van der Waals surface area contributed by atoms with E-state index in [1.165, 1.54) is 0 Å². The average molecular weight is 172 g/mol. The smallest absolute Gasteiger partial charge is 0.0570 e. The second kappa shape index (κ2) is 4.80. The summed E-state index contributed by atoms with van der Waals surface area (Å²) in [6.07, 6.45) is 1.82. The minimum atomic E-state index is -0.0412. The van der Waals surface area contributed by atoms with Gasteiger partial charge in [-0.05, 0) is 12.8 Å². The van der Waals surface area contributed by atoms with E-state index in [0.717, 1.165) is 25.9 Å². The van der Waals surface area contributed by atoms with Gasteiger partial charge in [-0.25, -0.2) is 0 Å². The highest BCUT2D eigenvalue weighted by Crippen LogP contribution is 2.18. The van der Waals surface area contributed by atoms with Crippen molar-refractivity contribution >= 4 is 0 Å². The first-order chi connectivity index (χ1) is 5.68. The fraction of sp³-hybridized carbons (Fsp3) is 1.00. The van der Waals surface area contributed by atoms with E-state index in [9.17, 15) is 0 Å². The Morgan fingerprint density at radius 1 is 1.33 bits per heavy atom. The highest BCUT2D eigenvalue weighted by Gasteiger charge is 2.25. The van der Waals surface area contributed by atoms with Gasteiger partial charge in [-0.3, -0.25) is 0 Å². The largest absolute Gasteiger partial charge is 0.393 e. The molecule has 0 unspecified atom stereocenters. The maximum Gasteiger partial charge on any atom is 0.0570 e. The zero-order valence-corrected chi connectivity index (χ0v) is 8.01. The monoisotopic (exact) mass is 172 g/mol. The first kappa shape index (κ1) is 9.96. The number of aliphatic hydroxyl groups is 1. The molecule has 1 saturated carbocycles. The van der Waals surface area contributed by atoms with Gasteiger partial charge >= 0.3 is 0 Å². The van der Waals surface area contributed by atoms with Gasteiger partial charge in [0.15, 0.2) is 0 Å². The van der Waals surface area contributed by atoms with E-state index < -0.39 is 0 Å². The lowest BCUT2D eigenvalue weighted by Crippen LogP contribution is -2.46. The minimum absolute atomic E-state index is 0.0412. The summed E-state index contributed by atoms with van der Waals surface area (Å²) in [6.45, 7) is 6.32. The summed E-state index contributed by atoms with van der Waals surface area (Å²) in [6, 6.07) is 1.13. The van der Waals surface area contributed by atoms with E-state index in [1.807, 2.05) is 0 Å². The van der Waals surface area contributed by atoms with Gasteiger partial charge in [-0.2, -0.15) is 0 Å². The van der Waals surface area contributed by atoms with Gasteiger partial charge in [-0.15, -0.1) is 0 Å². The third-order valence-corrected chi connectivity index (χ3v) is 2.22. The number of aliphatic hydroxyl groups excluding tert-OH is 1. The Morgan fingerprint density at radius 2 is 2.00 bits per heavy atom. The molecule has 1 fully saturated rings. The van der Waals surface area contributed by atoms with Crippen molar-refractivity contribution < 1.29 is 5.11 Å². The van der Waals surface area contributed by atoms with Crippen molar-refractivity contribution in [2.45, 2.75) is 44.9 Å². The summed E-state index contributed by atoms with van der Waals surface area (Å²) in [4.78, 5) is 0. The summed E-state index contributed by atoms with van der Waals surface area (Å²) in [5.41, 5.74) is 0. The van der Waals surface area contributed by atoms with Gasteiger partial charge in [0, 0.05) is 25.2 Å². The van der Waals surface area contributed by atoms with Crippen LogP contribution in [0.5, 0.6) is 0 Å². The van der Waals surface area contributed by atoms with Gasteiger partial charge in [0.25, 0.3) is 0 Å². The van der Waals surface area contributed by atoms with Crippen LogP contribution in [0.15, 0.2) is 0 Å². The molecule has 0 amide bonds. The zero-order chi connectivity index (χ0) is 8.97. The molecule has 0 aromatic rings. The van der Waals surface area contributed by atoms with Crippen molar-refractivity contribution in [1.29, 1.82) is 0 Å².